The summed E-state index contributed by atoms with van der Waals surface area (Å²) in [6.45, 7) is 2.42. The summed E-state index contributed by atoms with van der Waals surface area (Å²) in [6.07, 6.45) is 1.78. The molecule has 1 fully saturated rings. The smallest absolute Gasteiger partial charge is 0.248 e. The lowest BCUT2D eigenvalue weighted by Crippen LogP contribution is -2.36. The highest BCUT2D eigenvalue weighted by atomic mass is 32.2. The van der Waals surface area contributed by atoms with E-state index in [1.165, 1.54) is 8.99 Å². The minimum absolute atomic E-state index is 0.0584. The van der Waals surface area contributed by atoms with Gasteiger partial charge in [0.2, 0.25) is 10.0 Å². The van der Waals surface area contributed by atoms with Crippen LogP contribution in [0.15, 0.2) is 4.90 Å². The van der Waals surface area contributed by atoms with Crippen molar-refractivity contribution in [3.05, 3.63) is 5.69 Å². The molecule has 1 heterocycles. The van der Waals surface area contributed by atoms with Crippen molar-refractivity contribution in [2.24, 2.45) is 7.05 Å². The minimum Gasteiger partial charge on any atom is -0.383 e. The van der Waals surface area contributed by atoms with Gasteiger partial charge < -0.3 is 10.5 Å². The van der Waals surface area contributed by atoms with Crippen molar-refractivity contribution < 1.29 is 13.2 Å². The Labute approximate surface area is 113 Å². The van der Waals surface area contributed by atoms with Crippen molar-refractivity contribution in [2.75, 3.05) is 26.0 Å². The SMILES string of the molecule is COCCN(C1CC1)S(=O)(=O)c1c(N)nn(C)c1C. The fourth-order valence-electron chi connectivity index (χ4n) is 2.09. The first-order chi connectivity index (χ1) is 8.89. The maximum Gasteiger partial charge on any atom is 0.248 e. The van der Waals surface area contributed by atoms with Crippen molar-refractivity contribution in [3.8, 4) is 0 Å². The molecular weight excluding hydrogens is 268 g/mol. The molecule has 0 aliphatic heterocycles. The van der Waals surface area contributed by atoms with Crippen LogP contribution in [0.4, 0.5) is 5.82 Å². The highest BCUT2D eigenvalue weighted by molar-refractivity contribution is 7.89. The zero-order valence-electron chi connectivity index (χ0n) is 11.5. The summed E-state index contributed by atoms with van der Waals surface area (Å²) in [5.74, 6) is 0.0584. The van der Waals surface area contributed by atoms with Crippen molar-refractivity contribution in [1.82, 2.24) is 14.1 Å². The Morgan fingerprint density at radius 2 is 2.16 bits per heavy atom. The molecule has 108 valence electrons. The third-order valence-corrected chi connectivity index (χ3v) is 5.46. The zero-order valence-corrected chi connectivity index (χ0v) is 12.3. The number of aryl methyl sites for hydroxylation is 1. The number of aromatic nitrogens is 2. The molecule has 1 aliphatic carbocycles. The summed E-state index contributed by atoms with van der Waals surface area (Å²) in [4.78, 5) is 0.123. The number of ether oxygens (including phenoxy) is 1. The van der Waals surface area contributed by atoms with E-state index in [0.717, 1.165) is 12.8 Å². The standard InChI is InChI=1S/C11H20N4O3S/c1-8-10(11(12)13-14(8)2)19(16,17)15(6-7-18-3)9-4-5-9/h9H,4-7H2,1-3H3,(H2,12,13). The fourth-order valence-corrected chi connectivity index (χ4v) is 4.06. The summed E-state index contributed by atoms with van der Waals surface area (Å²) in [6, 6.07) is 0.0687. The topological polar surface area (TPSA) is 90.4 Å². The van der Waals surface area contributed by atoms with E-state index in [1.54, 1.807) is 21.1 Å². The number of sulfonamides is 1. The third-order valence-electron chi connectivity index (χ3n) is 3.34. The molecule has 8 heteroatoms. The Kier molecular flexibility index (Phi) is 3.84. The molecule has 0 spiro atoms. The van der Waals surface area contributed by atoms with Crippen LogP contribution in [0.25, 0.3) is 0 Å². The van der Waals surface area contributed by atoms with Crippen LogP contribution >= 0.6 is 0 Å². The maximum absolute atomic E-state index is 12.7. The zero-order chi connectivity index (χ0) is 14.2. The molecule has 1 aliphatic rings. The largest absolute Gasteiger partial charge is 0.383 e. The quantitative estimate of drug-likeness (QED) is 0.802. The molecular formula is C11H20N4O3S. The van der Waals surface area contributed by atoms with Gasteiger partial charge in [-0.15, -0.1) is 0 Å². The van der Waals surface area contributed by atoms with Gasteiger partial charge in [0.1, 0.15) is 4.90 Å². The molecule has 2 rings (SSSR count). The predicted octanol–water partition coefficient (Wildman–Crippen LogP) is 0.110. The number of methoxy groups -OCH3 is 1. The number of nitrogens with two attached hydrogens (primary N) is 1. The maximum atomic E-state index is 12.7. The van der Waals surface area contributed by atoms with Crippen molar-refractivity contribution in [3.63, 3.8) is 0 Å². The fraction of sp³-hybridized carbons (Fsp3) is 0.727. The van der Waals surface area contributed by atoms with Crippen LogP contribution in [-0.2, 0) is 21.8 Å². The van der Waals surface area contributed by atoms with Gasteiger partial charge in [-0.1, -0.05) is 0 Å². The number of nitrogen functional groups attached to an aromatic ring is 1. The van der Waals surface area contributed by atoms with E-state index in [-0.39, 0.29) is 16.8 Å². The van der Waals surface area contributed by atoms with Crippen molar-refractivity contribution in [1.29, 1.82) is 0 Å². The van der Waals surface area contributed by atoms with Gasteiger partial charge in [0.25, 0.3) is 0 Å². The van der Waals surface area contributed by atoms with Crippen LogP contribution in [0.3, 0.4) is 0 Å². The molecule has 0 saturated heterocycles. The van der Waals surface area contributed by atoms with E-state index in [9.17, 15) is 8.42 Å². The molecule has 2 N–H and O–H groups in total. The molecule has 7 nitrogen and oxygen atoms in total. The normalized spacial score (nSPS) is 16.2. The Hall–Kier alpha value is -1.12. The van der Waals surface area contributed by atoms with Gasteiger partial charge in [-0.3, -0.25) is 4.68 Å². The van der Waals surface area contributed by atoms with Gasteiger partial charge in [0, 0.05) is 26.7 Å². The Bertz CT molecular complexity index is 563. The van der Waals surface area contributed by atoms with Crippen LogP contribution in [0.5, 0.6) is 0 Å². The van der Waals surface area contributed by atoms with Crippen molar-refractivity contribution in [2.45, 2.75) is 30.7 Å². The molecule has 1 saturated carbocycles. The van der Waals surface area contributed by atoms with Crippen LogP contribution in [0, 0.1) is 6.92 Å². The Balaban J connectivity index is 2.39. The lowest BCUT2D eigenvalue weighted by molar-refractivity contribution is 0.177. The van der Waals surface area contributed by atoms with Crippen LogP contribution < -0.4 is 5.73 Å². The number of nitrogens with zero attached hydrogens (tertiary/aromatic N) is 3. The predicted molar refractivity (Wildman–Crippen MR) is 71.1 cm³/mol. The van der Waals surface area contributed by atoms with Crippen LogP contribution in [0.2, 0.25) is 0 Å². The number of anilines is 1. The summed E-state index contributed by atoms with van der Waals surface area (Å²) in [5.41, 5.74) is 6.30. The number of hydrogen-bond acceptors (Lipinski definition) is 5. The molecule has 0 aromatic carbocycles. The average Bonchev–Trinajstić information content (AvgIpc) is 3.09. The highest BCUT2D eigenvalue weighted by Crippen LogP contribution is 2.34. The molecule has 19 heavy (non-hydrogen) atoms. The first-order valence-corrected chi connectivity index (χ1v) is 7.63. The first kappa shape index (κ1) is 14.3. The van der Waals surface area contributed by atoms with Gasteiger partial charge >= 0.3 is 0 Å². The van der Waals surface area contributed by atoms with E-state index in [0.29, 0.717) is 18.8 Å². The molecule has 1 aromatic rings. The van der Waals surface area contributed by atoms with Gasteiger partial charge in [-0.2, -0.15) is 9.40 Å². The third kappa shape index (κ3) is 2.60. The molecule has 0 atom stereocenters. The van der Waals surface area contributed by atoms with E-state index in [2.05, 4.69) is 5.10 Å². The molecule has 0 unspecified atom stereocenters. The second-order valence-electron chi connectivity index (χ2n) is 4.76. The average molecular weight is 288 g/mol. The van der Waals surface area contributed by atoms with Crippen LogP contribution in [0.1, 0.15) is 18.5 Å². The first-order valence-electron chi connectivity index (χ1n) is 6.19. The molecule has 0 amide bonds. The van der Waals surface area contributed by atoms with E-state index < -0.39 is 10.0 Å². The molecule has 1 aromatic heterocycles. The lowest BCUT2D eigenvalue weighted by Gasteiger charge is -2.21. The second kappa shape index (κ2) is 5.10. The minimum atomic E-state index is -3.61. The number of hydrogen-bond donors (Lipinski definition) is 1. The van der Waals surface area contributed by atoms with E-state index in [4.69, 9.17) is 10.5 Å². The molecule has 0 bridgehead atoms. The molecule has 0 radical (unpaired) electrons. The summed E-state index contributed by atoms with van der Waals surface area (Å²) in [5, 5.41) is 3.98. The summed E-state index contributed by atoms with van der Waals surface area (Å²) < 4.78 is 33.4. The van der Waals surface area contributed by atoms with Crippen molar-refractivity contribution >= 4 is 15.8 Å². The van der Waals surface area contributed by atoms with Gasteiger partial charge in [0.15, 0.2) is 5.82 Å². The van der Waals surface area contributed by atoms with Gasteiger partial charge in [-0.05, 0) is 19.8 Å². The Morgan fingerprint density at radius 3 is 2.58 bits per heavy atom. The van der Waals surface area contributed by atoms with Gasteiger partial charge in [-0.25, -0.2) is 8.42 Å². The number of rotatable bonds is 6. The lowest BCUT2D eigenvalue weighted by atomic mass is 10.5. The Morgan fingerprint density at radius 1 is 1.53 bits per heavy atom. The highest BCUT2D eigenvalue weighted by Gasteiger charge is 2.40. The van der Waals surface area contributed by atoms with E-state index >= 15 is 0 Å². The van der Waals surface area contributed by atoms with Gasteiger partial charge in [0.05, 0.1) is 12.3 Å². The second-order valence-corrected chi connectivity index (χ2v) is 6.59. The summed E-state index contributed by atoms with van der Waals surface area (Å²) >= 11 is 0. The van der Waals surface area contributed by atoms with E-state index in [1.807, 2.05) is 0 Å². The summed E-state index contributed by atoms with van der Waals surface area (Å²) in [7, 11) is -0.367. The monoisotopic (exact) mass is 288 g/mol. The van der Waals surface area contributed by atoms with Crippen LogP contribution in [-0.4, -0.2) is 48.8 Å².